The number of benzene rings is 1. The lowest BCUT2D eigenvalue weighted by molar-refractivity contribution is -0.130. The first-order valence-electron chi connectivity index (χ1n) is 9.41. The first-order valence-corrected chi connectivity index (χ1v) is 9.41. The van der Waals surface area contributed by atoms with Gasteiger partial charge < -0.3 is 20.3 Å². The van der Waals surface area contributed by atoms with E-state index in [-0.39, 0.29) is 24.4 Å². The number of nitrogens with one attached hydrogen (secondary N) is 2. The Bertz CT molecular complexity index is 612. The number of carbonyl (C=O) groups is 2. The van der Waals surface area contributed by atoms with Gasteiger partial charge in [-0.15, -0.1) is 0 Å². The highest BCUT2D eigenvalue weighted by Gasteiger charge is 2.16. The van der Waals surface area contributed by atoms with E-state index >= 15 is 0 Å². The molecule has 0 spiro atoms. The van der Waals surface area contributed by atoms with E-state index in [1.165, 1.54) is 19.3 Å². The van der Waals surface area contributed by atoms with Gasteiger partial charge in [-0.2, -0.15) is 0 Å². The molecule has 3 amide bonds. The summed E-state index contributed by atoms with van der Waals surface area (Å²) in [6, 6.07) is 6.03. The molecular weight excluding hydrogens is 330 g/mol. The Morgan fingerprint density at radius 2 is 1.96 bits per heavy atom. The molecular formula is C20H31N3O3. The van der Waals surface area contributed by atoms with Gasteiger partial charge in [0.2, 0.25) is 5.91 Å². The summed E-state index contributed by atoms with van der Waals surface area (Å²) in [7, 11) is 3.40. The van der Waals surface area contributed by atoms with E-state index in [4.69, 9.17) is 4.74 Å². The molecule has 6 heteroatoms. The minimum Gasteiger partial charge on any atom is -0.496 e. The predicted octanol–water partition coefficient (Wildman–Crippen LogP) is 2.98. The van der Waals surface area contributed by atoms with Crippen LogP contribution >= 0.6 is 0 Å². The number of aryl methyl sites for hydroxylation is 1. The van der Waals surface area contributed by atoms with E-state index in [2.05, 4.69) is 10.6 Å². The van der Waals surface area contributed by atoms with Crippen LogP contribution in [-0.2, 0) is 11.3 Å². The van der Waals surface area contributed by atoms with Crippen molar-refractivity contribution in [1.29, 1.82) is 0 Å². The van der Waals surface area contributed by atoms with Crippen LogP contribution in [0.4, 0.5) is 4.79 Å². The molecule has 1 aromatic rings. The molecule has 1 aromatic carbocycles. The van der Waals surface area contributed by atoms with Gasteiger partial charge in [-0.1, -0.05) is 37.0 Å². The fraction of sp³-hybridized carbons (Fsp3) is 0.600. The minimum absolute atomic E-state index is 0.00785. The van der Waals surface area contributed by atoms with Gasteiger partial charge in [0, 0.05) is 38.2 Å². The van der Waals surface area contributed by atoms with Crippen LogP contribution < -0.4 is 15.4 Å². The van der Waals surface area contributed by atoms with Crippen LogP contribution in [0.2, 0.25) is 0 Å². The van der Waals surface area contributed by atoms with Crippen molar-refractivity contribution >= 4 is 11.9 Å². The Balaban J connectivity index is 1.73. The van der Waals surface area contributed by atoms with Gasteiger partial charge in [0.05, 0.1) is 7.11 Å². The number of amides is 3. The first kappa shape index (κ1) is 20.1. The molecule has 0 aromatic heterocycles. The van der Waals surface area contributed by atoms with Gasteiger partial charge in [-0.05, 0) is 25.8 Å². The number of carbonyl (C=O) groups excluding carboxylic acids is 2. The minimum atomic E-state index is -0.173. The lowest BCUT2D eigenvalue weighted by Gasteiger charge is -2.23. The monoisotopic (exact) mass is 361 g/mol. The van der Waals surface area contributed by atoms with Gasteiger partial charge in [0.1, 0.15) is 5.75 Å². The maximum atomic E-state index is 12.3. The average Bonchev–Trinajstić information content (AvgIpc) is 2.62. The van der Waals surface area contributed by atoms with Crippen LogP contribution in [0.25, 0.3) is 0 Å². The summed E-state index contributed by atoms with van der Waals surface area (Å²) in [6.07, 6.45) is 5.99. The number of hydrogen-bond donors (Lipinski definition) is 2. The molecule has 0 heterocycles. The third-order valence-electron chi connectivity index (χ3n) is 4.83. The molecule has 1 fully saturated rings. The molecule has 144 valence electrons. The number of ether oxygens (including phenoxy) is 1. The van der Waals surface area contributed by atoms with E-state index in [0.29, 0.717) is 13.1 Å². The average molecular weight is 361 g/mol. The van der Waals surface area contributed by atoms with Gasteiger partial charge in [0.15, 0.2) is 0 Å². The van der Waals surface area contributed by atoms with Crippen molar-refractivity contribution in [2.45, 2.75) is 58.0 Å². The number of hydrogen-bond acceptors (Lipinski definition) is 3. The lowest BCUT2D eigenvalue weighted by atomic mass is 9.96. The maximum Gasteiger partial charge on any atom is 0.315 e. The molecule has 0 radical (unpaired) electrons. The maximum absolute atomic E-state index is 12.3. The molecule has 26 heavy (non-hydrogen) atoms. The van der Waals surface area contributed by atoms with Crippen molar-refractivity contribution in [3.05, 3.63) is 29.3 Å². The summed E-state index contributed by atoms with van der Waals surface area (Å²) >= 11 is 0. The largest absolute Gasteiger partial charge is 0.496 e. The second kappa shape index (κ2) is 10.0. The Hall–Kier alpha value is -2.24. The highest BCUT2D eigenvalue weighted by Crippen LogP contribution is 2.21. The van der Waals surface area contributed by atoms with Gasteiger partial charge in [-0.25, -0.2) is 4.79 Å². The van der Waals surface area contributed by atoms with Crippen molar-refractivity contribution in [3.8, 4) is 5.75 Å². The van der Waals surface area contributed by atoms with Crippen molar-refractivity contribution in [2.24, 2.45) is 0 Å². The molecule has 0 saturated heterocycles. The summed E-state index contributed by atoms with van der Waals surface area (Å²) in [5, 5.41) is 5.78. The molecule has 2 N–H and O–H groups in total. The highest BCUT2D eigenvalue weighted by molar-refractivity contribution is 5.78. The Morgan fingerprint density at radius 3 is 2.65 bits per heavy atom. The van der Waals surface area contributed by atoms with Crippen LogP contribution in [0, 0.1) is 6.92 Å². The molecule has 1 saturated carbocycles. The topological polar surface area (TPSA) is 70.7 Å². The molecule has 1 aliphatic carbocycles. The molecule has 0 atom stereocenters. The van der Waals surface area contributed by atoms with Gasteiger partial charge in [0.25, 0.3) is 0 Å². The Labute approximate surface area is 156 Å². The van der Waals surface area contributed by atoms with E-state index < -0.39 is 0 Å². The summed E-state index contributed by atoms with van der Waals surface area (Å²) in [5.74, 6) is 0.770. The first-order chi connectivity index (χ1) is 12.5. The standard InChI is InChI=1S/C20H31N3O3/c1-15-9-10-18(26-3)16(13-15)14-23(2)19(24)11-12-21-20(25)22-17-7-5-4-6-8-17/h9-10,13,17H,4-8,11-12,14H2,1-3H3,(H2,21,22,25). The third kappa shape index (κ3) is 6.24. The van der Waals surface area contributed by atoms with Crippen LogP contribution in [0.15, 0.2) is 18.2 Å². The number of rotatable bonds is 7. The molecule has 0 unspecified atom stereocenters. The normalized spacial score (nSPS) is 14.6. The van der Waals surface area contributed by atoms with Crippen molar-refractivity contribution in [3.63, 3.8) is 0 Å². The molecule has 0 bridgehead atoms. The van der Waals surface area contributed by atoms with Crippen molar-refractivity contribution in [1.82, 2.24) is 15.5 Å². The number of methoxy groups -OCH3 is 1. The zero-order chi connectivity index (χ0) is 18.9. The zero-order valence-corrected chi connectivity index (χ0v) is 16.1. The summed E-state index contributed by atoms with van der Waals surface area (Å²) in [5.41, 5.74) is 2.11. The van der Waals surface area contributed by atoms with Gasteiger partial charge >= 0.3 is 6.03 Å². The fourth-order valence-electron chi connectivity index (χ4n) is 3.33. The number of nitrogens with zero attached hydrogens (tertiary/aromatic N) is 1. The Kier molecular flexibility index (Phi) is 7.75. The zero-order valence-electron chi connectivity index (χ0n) is 16.1. The highest BCUT2D eigenvalue weighted by atomic mass is 16.5. The lowest BCUT2D eigenvalue weighted by Crippen LogP contribution is -2.43. The Morgan fingerprint density at radius 1 is 1.23 bits per heavy atom. The summed E-state index contributed by atoms with van der Waals surface area (Å²) in [6.45, 7) is 2.84. The SMILES string of the molecule is COc1ccc(C)cc1CN(C)C(=O)CCNC(=O)NC1CCCCC1. The van der Waals surface area contributed by atoms with Crippen LogP contribution in [0.3, 0.4) is 0 Å². The van der Waals surface area contributed by atoms with Gasteiger partial charge in [-0.3, -0.25) is 4.79 Å². The second-order valence-electron chi connectivity index (χ2n) is 7.05. The molecule has 0 aliphatic heterocycles. The number of urea groups is 1. The van der Waals surface area contributed by atoms with E-state index in [9.17, 15) is 9.59 Å². The third-order valence-corrected chi connectivity index (χ3v) is 4.83. The van der Waals surface area contributed by atoms with Crippen LogP contribution in [0.1, 0.15) is 49.7 Å². The van der Waals surface area contributed by atoms with Crippen LogP contribution in [-0.4, -0.2) is 43.6 Å². The van der Waals surface area contributed by atoms with E-state index in [0.717, 1.165) is 29.7 Å². The van der Waals surface area contributed by atoms with Crippen molar-refractivity contribution < 1.29 is 14.3 Å². The molecule has 2 rings (SSSR count). The predicted molar refractivity (Wildman–Crippen MR) is 102 cm³/mol. The molecule has 1 aliphatic rings. The smallest absolute Gasteiger partial charge is 0.315 e. The van der Waals surface area contributed by atoms with E-state index in [1.807, 2.05) is 25.1 Å². The van der Waals surface area contributed by atoms with Crippen molar-refractivity contribution in [2.75, 3.05) is 20.7 Å². The quantitative estimate of drug-likeness (QED) is 0.784. The van der Waals surface area contributed by atoms with Crippen LogP contribution in [0.5, 0.6) is 5.75 Å². The summed E-state index contributed by atoms with van der Waals surface area (Å²) in [4.78, 5) is 25.9. The summed E-state index contributed by atoms with van der Waals surface area (Å²) < 4.78 is 5.36. The molecule has 6 nitrogen and oxygen atoms in total. The fourth-order valence-corrected chi connectivity index (χ4v) is 3.33. The second-order valence-corrected chi connectivity index (χ2v) is 7.05. The van der Waals surface area contributed by atoms with E-state index in [1.54, 1.807) is 19.1 Å².